The smallest absolute Gasteiger partial charge is 0.337 e. The average Bonchev–Trinajstić information content (AvgIpc) is 3.02. The first-order valence-electron chi connectivity index (χ1n) is 8.44. The molecule has 0 aliphatic carbocycles. The van der Waals surface area contributed by atoms with E-state index in [9.17, 15) is 9.59 Å². The first-order valence-corrected chi connectivity index (χ1v) is 8.44. The Morgan fingerprint density at radius 3 is 2.63 bits per heavy atom. The second-order valence-corrected chi connectivity index (χ2v) is 6.17. The van der Waals surface area contributed by atoms with Crippen molar-refractivity contribution in [2.75, 3.05) is 19.5 Å². The molecular formula is C22H17NO4. The number of benzene rings is 3. The fourth-order valence-electron chi connectivity index (χ4n) is 3.33. The van der Waals surface area contributed by atoms with Crippen molar-refractivity contribution >= 4 is 40.0 Å². The third-order valence-corrected chi connectivity index (χ3v) is 4.66. The number of anilines is 1. The number of rotatable bonds is 3. The van der Waals surface area contributed by atoms with Crippen molar-refractivity contribution in [2.45, 2.75) is 0 Å². The van der Waals surface area contributed by atoms with Crippen LogP contribution in [0.5, 0.6) is 5.75 Å². The minimum Gasteiger partial charge on any atom is -0.496 e. The molecule has 0 radical (unpaired) electrons. The van der Waals surface area contributed by atoms with Gasteiger partial charge in [0.25, 0.3) is 5.91 Å². The highest BCUT2D eigenvalue weighted by atomic mass is 16.5. The van der Waals surface area contributed by atoms with Gasteiger partial charge in [-0.05, 0) is 35.0 Å². The lowest BCUT2D eigenvalue weighted by molar-refractivity contribution is -0.110. The third kappa shape index (κ3) is 2.83. The van der Waals surface area contributed by atoms with Gasteiger partial charge in [-0.25, -0.2) is 4.79 Å². The maximum atomic E-state index is 12.6. The Bertz CT molecular complexity index is 1110. The Kier molecular flexibility index (Phi) is 4.12. The summed E-state index contributed by atoms with van der Waals surface area (Å²) >= 11 is 0. The van der Waals surface area contributed by atoms with Crippen molar-refractivity contribution in [3.8, 4) is 5.75 Å². The number of fused-ring (bicyclic) bond motifs is 2. The lowest BCUT2D eigenvalue weighted by atomic mass is 9.98. The maximum Gasteiger partial charge on any atom is 0.337 e. The van der Waals surface area contributed by atoms with Crippen molar-refractivity contribution in [1.82, 2.24) is 0 Å². The molecule has 1 heterocycles. The number of ether oxygens (including phenoxy) is 2. The van der Waals surface area contributed by atoms with Crippen LogP contribution in [0.1, 0.15) is 21.5 Å². The molecule has 0 saturated carbocycles. The zero-order valence-corrected chi connectivity index (χ0v) is 14.9. The van der Waals surface area contributed by atoms with Crippen molar-refractivity contribution in [3.05, 3.63) is 71.3 Å². The van der Waals surface area contributed by atoms with Gasteiger partial charge < -0.3 is 14.8 Å². The Morgan fingerprint density at radius 1 is 1.04 bits per heavy atom. The van der Waals surface area contributed by atoms with E-state index in [1.54, 1.807) is 25.3 Å². The van der Waals surface area contributed by atoms with E-state index in [1.807, 2.05) is 42.5 Å². The minimum atomic E-state index is -0.444. The fraction of sp³-hybridized carbons (Fsp3) is 0.0909. The van der Waals surface area contributed by atoms with Gasteiger partial charge in [0.05, 0.1) is 19.8 Å². The van der Waals surface area contributed by atoms with Crippen LogP contribution >= 0.6 is 0 Å². The molecule has 0 fully saturated rings. The van der Waals surface area contributed by atoms with Gasteiger partial charge in [0, 0.05) is 22.4 Å². The summed E-state index contributed by atoms with van der Waals surface area (Å²) in [7, 11) is 2.93. The number of hydrogen-bond donors (Lipinski definition) is 1. The number of methoxy groups -OCH3 is 2. The average molecular weight is 359 g/mol. The number of carbonyl (C=O) groups is 2. The van der Waals surface area contributed by atoms with Gasteiger partial charge >= 0.3 is 5.97 Å². The van der Waals surface area contributed by atoms with Crippen molar-refractivity contribution in [1.29, 1.82) is 0 Å². The van der Waals surface area contributed by atoms with Crippen molar-refractivity contribution < 1.29 is 19.1 Å². The first kappa shape index (κ1) is 16.8. The zero-order valence-electron chi connectivity index (χ0n) is 14.9. The van der Waals surface area contributed by atoms with Crippen LogP contribution in [0.4, 0.5) is 5.69 Å². The molecule has 1 aliphatic rings. The summed E-state index contributed by atoms with van der Waals surface area (Å²) in [5.41, 5.74) is 3.08. The second kappa shape index (κ2) is 6.61. The molecule has 134 valence electrons. The van der Waals surface area contributed by atoms with Crippen LogP contribution in [0.2, 0.25) is 0 Å². The van der Waals surface area contributed by atoms with E-state index in [1.165, 1.54) is 7.11 Å². The minimum absolute atomic E-state index is 0.220. The monoisotopic (exact) mass is 359 g/mol. The fourth-order valence-corrected chi connectivity index (χ4v) is 3.33. The second-order valence-electron chi connectivity index (χ2n) is 6.17. The highest BCUT2D eigenvalue weighted by molar-refractivity contribution is 6.35. The van der Waals surface area contributed by atoms with Gasteiger partial charge in [-0.2, -0.15) is 0 Å². The Hall–Kier alpha value is -3.60. The number of carbonyl (C=O) groups excluding carboxylic acids is 2. The summed E-state index contributed by atoms with van der Waals surface area (Å²) in [5.74, 6) is 0.0239. The zero-order chi connectivity index (χ0) is 19.0. The van der Waals surface area contributed by atoms with Crippen LogP contribution in [0, 0.1) is 0 Å². The van der Waals surface area contributed by atoms with Crippen molar-refractivity contribution in [2.24, 2.45) is 0 Å². The van der Waals surface area contributed by atoms with E-state index >= 15 is 0 Å². The SMILES string of the molecule is COC(=O)c1ccc2c(c1)NC(=O)/C2=C\c1c(OC)ccc2ccccc12. The van der Waals surface area contributed by atoms with Crippen LogP contribution in [0.25, 0.3) is 22.4 Å². The van der Waals surface area contributed by atoms with Crippen molar-refractivity contribution in [3.63, 3.8) is 0 Å². The van der Waals surface area contributed by atoms with Gasteiger partial charge in [-0.1, -0.05) is 36.4 Å². The molecule has 5 nitrogen and oxygen atoms in total. The number of amides is 1. The molecule has 3 aromatic rings. The molecule has 5 heteroatoms. The molecule has 1 N–H and O–H groups in total. The van der Waals surface area contributed by atoms with Crippen LogP contribution < -0.4 is 10.1 Å². The molecule has 0 bridgehead atoms. The predicted octanol–water partition coefficient (Wildman–Crippen LogP) is 4.13. The summed E-state index contributed by atoms with van der Waals surface area (Å²) in [6, 6.07) is 16.8. The number of nitrogens with one attached hydrogen (secondary N) is 1. The van der Waals surface area contributed by atoms with Crippen LogP contribution in [0.3, 0.4) is 0 Å². The normalized spacial score (nSPS) is 14.1. The topological polar surface area (TPSA) is 64.6 Å². The van der Waals surface area contributed by atoms with E-state index in [0.29, 0.717) is 22.6 Å². The van der Waals surface area contributed by atoms with Gasteiger partial charge in [-0.3, -0.25) is 4.79 Å². The first-order chi connectivity index (χ1) is 13.1. The van der Waals surface area contributed by atoms with Gasteiger partial charge in [0.2, 0.25) is 0 Å². The predicted molar refractivity (Wildman–Crippen MR) is 105 cm³/mol. The summed E-state index contributed by atoms with van der Waals surface area (Å²) in [5, 5.41) is 4.87. The van der Waals surface area contributed by atoms with Crippen LogP contribution in [-0.2, 0) is 9.53 Å². The summed E-state index contributed by atoms with van der Waals surface area (Å²) < 4.78 is 10.3. The molecule has 0 spiro atoms. The van der Waals surface area contributed by atoms with Gasteiger partial charge in [-0.15, -0.1) is 0 Å². The highest BCUT2D eigenvalue weighted by Gasteiger charge is 2.26. The summed E-state index contributed by atoms with van der Waals surface area (Å²) in [4.78, 5) is 24.3. The molecule has 1 amide bonds. The maximum absolute atomic E-state index is 12.6. The number of esters is 1. The lowest BCUT2D eigenvalue weighted by Crippen LogP contribution is -2.04. The van der Waals surface area contributed by atoms with E-state index in [2.05, 4.69) is 5.32 Å². The van der Waals surface area contributed by atoms with E-state index in [-0.39, 0.29) is 5.91 Å². The standard InChI is InChI=1S/C22H17NO4/c1-26-20-10-8-13-5-3-4-6-15(13)17(20)12-18-16-9-7-14(22(25)27-2)11-19(16)23-21(18)24/h3-12H,1-2H3,(H,23,24)/b18-12-. The summed E-state index contributed by atoms with van der Waals surface area (Å²) in [6.45, 7) is 0. The molecule has 1 aliphatic heterocycles. The highest BCUT2D eigenvalue weighted by Crippen LogP contribution is 2.37. The molecule has 3 aromatic carbocycles. The molecule has 0 unspecified atom stereocenters. The molecule has 4 rings (SSSR count). The lowest BCUT2D eigenvalue weighted by Gasteiger charge is -2.10. The van der Waals surface area contributed by atoms with Crippen LogP contribution in [-0.4, -0.2) is 26.1 Å². The van der Waals surface area contributed by atoms with E-state index in [0.717, 1.165) is 21.9 Å². The van der Waals surface area contributed by atoms with E-state index in [4.69, 9.17) is 9.47 Å². The summed E-state index contributed by atoms with van der Waals surface area (Å²) in [6.07, 6.45) is 1.83. The third-order valence-electron chi connectivity index (χ3n) is 4.66. The Morgan fingerprint density at radius 2 is 1.85 bits per heavy atom. The quantitative estimate of drug-likeness (QED) is 0.564. The largest absolute Gasteiger partial charge is 0.496 e. The molecule has 0 aromatic heterocycles. The molecular weight excluding hydrogens is 342 g/mol. The number of hydrogen-bond acceptors (Lipinski definition) is 4. The molecule has 27 heavy (non-hydrogen) atoms. The van der Waals surface area contributed by atoms with Gasteiger partial charge in [0.15, 0.2) is 0 Å². The van der Waals surface area contributed by atoms with E-state index < -0.39 is 5.97 Å². The van der Waals surface area contributed by atoms with Crippen LogP contribution in [0.15, 0.2) is 54.6 Å². The van der Waals surface area contributed by atoms with Gasteiger partial charge in [0.1, 0.15) is 5.75 Å². The Balaban J connectivity index is 1.89. The Labute approximate surface area is 156 Å². The molecule has 0 atom stereocenters. The molecule has 0 saturated heterocycles.